The molecule has 0 fully saturated rings. The average Bonchev–Trinajstić information content (AvgIpc) is 2.09. The molecule has 0 unspecified atom stereocenters. The molecular weight excluding hydrogens is 252 g/mol. The zero-order valence-electron chi connectivity index (χ0n) is 9.60. The van der Waals surface area contributed by atoms with Gasteiger partial charge in [-0.3, -0.25) is 0 Å². The van der Waals surface area contributed by atoms with Gasteiger partial charge in [0.05, 0.1) is 11.4 Å². The van der Waals surface area contributed by atoms with E-state index in [0.29, 0.717) is 0 Å². The van der Waals surface area contributed by atoms with Crippen LogP contribution in [0.3, 0.4) is 0 Å². The Hall–Kier alpha value is -0.700. The number of halogens is 1. The van der Waals surface area contributed by atoms with Crippen LogP contribution >= 0.6 is 15.9 Å². The molecule has 1 rings (SSSR count). The van der Waals surface area contributed by atoms with Crippen LogP contribution in [0, 0.1) is 0 Å². The van der Waals surface area contributed by atoms with Crippen molar-refractivity contribution in [1.82, 2.24) is 0 Å². The van der Waals surface area contributed by atoms with Gasteiger partial charge in [0.2, 0.25) is 0 Å². The quantitative estimate of drug-likeness (QED) is 0.811. The van der Waals surface area contributed by atoms with E-state index in [1.54, 1.807) is 0 Å². The van der Waals surface area contributed by atoms with Gasteiger partial charge in [-0.15, -0.1) is 0 Å². The Morgan fingerprint density at radius 1 is 1.40 bits per heavy atom. The lowest BCUT2D eigenvalue weighted by molar-refractivity contribution is 0.511. The van der Waals surface area contributed by atoms with E-state index in [-0.39, 0.29) is 5.54 Å². The van der Waals surface area contributed by atoms with Gasteiger partial charge in [-0.2, -0.15) is 0 Å². The van der Waals surface area contributed by atoms with Gasteiger partial charge >= 0.3 is 0 Å². The van der Waals surface area contributed by atoms with Gasteiger partial charge in [-0.1, -0.05) is 29.3 Å². The molecule has 0 saturated heterocycles. The molecule has 0 amide bonds. The summed E-state index contributed by atoms with van der Waals surface area (Å²) in [4.78, 5) is 0. The molecule has 0 aliphatic heterocycles. The maximum absolute atomic E-state index is 5.93. The number of benzene rings is 1. The number of rotatable bonds is 4. The summed E-state index contributed by atoms with van der Waals surface area (Å²) in [6.07, 6.45) is 2.29. The van der Waals surface area contributed by atoms with E-state index in [1.807, 2.05) is 18.2 Å². The minimum absolute atomic E-state index is 0.0939. The SMILES string of the molecule is CCCC(C)(C)Nc1ccc(Br)cc1N. The molecule has 0 spiro atoms. The third kappa shape index (κ3) is 3.74. The van der Waals surface area contributed by atoms with Crippen molar-refractivity contribution in [3.05, 3.63) is 22.7 Å². The predicted octanol–water partition coefficient (Wildman–Crippen LogP) is 4.02. The zero-order chi connectivity index (χ0) is 11.5. The van der Waals surface area contributed by atoms with Crippen molar-refractivity contribution < 1.29 is 0 Å². The van der Waals surface area contributed by atoms with Crippen LogP contribution in [0.2, 0.25) is 0 Å². The fourth-order valence-electron chi connectivity index (χ4n) is 1.70. The lowest BCUT2D eigenvalue weighted by Gasteiger charge is -2.28. The van der Waals surface area contributed by atoms with E-state index in [0.717, 1.165) is 28.7 Å². The maximum atomic E-state index is 5.93. The summed E-state index contributed by atoms with van der Waals surface area (Å²) in [7, 11) is 0. The summed E-state index contributed by atoms with van der Waals surface area (Å²) >= 11 is 3.40. The number of nitrogen functional groups attached to an aromatic ring is 1. The van der Waals surface area contributed by atoms with E-state index in [4.69, 9.17) is 5.73 Å². The fraction of sp³-hybridized carbons (Fsp3) is 0.500. The highest BCUT2D eigenvalue weighted by Gasteiger charge is 2.16. The minimum atomic E-state index is 0.0939. The molecule has 1 aromatic rings. The average molecular weight is 271 g/mol. The van der Waals surface area contributed by atoms with E-state index < -0.39 is 0 Å². The molecule has 0 aliphatic carbocycles. The molecule has 0 saturated carbocycles. The topological polar surface area (TPSA) is 38.0 Å². The molecule has 84 valence electrons. The van der Waals surface area contributed by atoms with Crippen molar-refractivity contribution in [3.63, 3.8) is 0 Å². The van der Waals surface area contributed by atoms with Crippen molar-refractivity contribution in [2.24, 2.45) is 0 Å². The van der Waals surface area contributed by atoms with Crippen molar-refractivity contribution in [1.29, 1.82) is 0 Å². The number of nitrogens with two attached hydrogens (primary N) is 1. The monoisotopic (exact) mass is 270 g/mol. The molecule has 3 N–H and O–H groups in total. The molecule has 3 heteroatoms. The molecule has 0 aliphatic rings. The van der Waals surface area contributed by atoms with Crippen LogP contribution in [0.25, 0.3) is 0 Å². The van der Waals surface area contributed by atoms with Crippen LogP contribution in [0.5, 0.6) is 0 Å². The van der Waals surface area contributed by atoms with Crippen molar-refractivity contribution in [2.75, 3.05) is 11.1 Å². The standard InChI is InChI=1S/C12H19BrN2/c1-4-7-12(2,3)15-11-6-5-9(13)8-10(11)14/h5-6,8,15H,4,7,14H2,1-3H3. The number of hydrogen-bond donors (Lipinski definition) is 2. The first-order valence-electron chi connectivity index (χ1n) is 5.28. The third-order valence-electron chi connectivity index (χ3n) is 2.36. The first kappa shape index (κ1) is 12.4. The Balaban J connectivity index is 2.80. The second-order valence-electron chi connectivity index (χ2n) is 4.49. The molecule has 2 nitrogen and oxygen atoms in total. The smallest absolute Gasteiger partial charge is 0.0578 e. The lowest BCUT2D eigenvalue weighted by Crippen LogP contribution is -2.30. The minimum Gasteiger partial charge on any atom is -0.397 e. The molecule has 0 heterocycles. The molecule has 15 heavy (non-hydrogen) atoms. The number of anilines is 2. The highest BCUT2D eigenvalue weighted by molar-refractivity contribution is 9.10. The summed E-state index contributed by atoms with van der Waals surface area (Å²) in [5.74, 6) is 0. The van der Waals surface area contributed by atoms with Crippen LogP contribution in [-0.4, -0.2) is 5.54 Å². The van der Waals surface area contributed by atoms with Crippen LogP contribution < -0.4 is 11.1 Å². The zero-order valence-corrected chi connectivity index (χ0v) is 11.2. The van der Waals surface area contributed by atoms with E-state index >= 15 is 0 Å². The van der Waals surface area contributed by atoms with Gasteiger partial charge in [-0.25, -0.2) is 0 Å². The van der Waals surface area contributed by atoms with Gasteiger partial charge in [0.1, 0.15) is 0 Å². The molecular formula is C12H19BrN2. The van der Waals surface area contributed by atoms with E-state index in [2.05, 4.69) is 42.0 Å². The van der Waals surface area contributed by atoms with Gasteiger partial charge < -0.3 is 11.1 Å². The van der Waals surface area contributed by atoms with Crippen LogP contribution in [0.1, 0.15) is 33.6 Å². The first-order valence-corrected chi connectivity index (χ1v) is 6.07. The van der Waals surface area contributed by atoms with Crippen molar-refractivity contribution >= 4 is 27.3 Å². The highest BCUT2D eigenvalue weighted by Crippen LogP contribution is 2.27. The first-order chi connectivity index (χ1) is 6.94. The normalized spacial score (nSPS) is 11.5. The summed E-state index contributed by atoms with van der Waals surface area (Å²) in [5, 5.41) is 3.47. The van der Waals surface area contributed by atoms with Gasteiger partial charge in [0.15, 0.2) is 0 Å². The second kappa shape index (κ2) is 4.88. The Morgan fingerprint density at radius 2 is 2.07 bits per heavy atom. The molecule has 0 radical (unpaired) electrons. The fourth-order valence-corrected chi connectivity index (χ4v) is 2.08. The summed E-state index contributed by atoms with van der Waals surface area (Å²) in [5.41, 5.74) is 7.82. The number of hydrogen-bond acceptors (Lipinski definition) is 2. The Kier molecular flexibility index (Phi) is 4.03. The summed E-state index contributed by atoms with van der Waals surface area (Å²) < 4.78 is 1.01. The van der Waals surface area contributed by atoms with E-state index in [9.17, 15) is 0 Å². The number of nitrogens with one attached hydrogen (secondary N) is 1. The third-order valence-corrected chi connectivity index (χ3v) is 2.85. The molecule has 0 bridgehead atoms. The van der Waals surface area contributed by atoms with Crippen LogP contribution in [-0.2, 0) is 0 Å². The van der Waals surface area contributed by atoms with E-state index in [1.165, 1.54) is 0 Å². The largest absolute Gasteiger partial charge is 0.397 e. The molecule has 1 aromatic carbocycles. The summed E-state index contributed by atoms with van der Waals surface area (Å²) in [6.45, 7) is 6.57. The van der Waals surface area contributed by atoms with Crippen molar-refractivity contribution in [2.45, 2.75) is 39.2 Å². The lowest BCUT2D eigenvalue weighted by atomic mass is 9.98. The maximum Gasteiger partial charge on any atom is 0.0578 e. The second-order valence-corrected chi connectivity index (χ2v) is 5.41. The highest BCUT2D eigenvalue weighted by atomic mass is 79.9. The van der Waals surface area contributed by atoms with Gasteiger partial charge in [-0.05, 0) is 38.5 Å². The van der Waals surface area contributed by atoms with Crippen molar-refractivity contribution in [3.8, 4) is 0 Å². The predicted molar refractivity (Wildman–Crippen MR) is 71.2 cm³/mol. The Bertz CT molecular complexity index is 334. The summed E-state index contributed by atoms with van der Waals surface area (Å²) in [6, 6.07) is 5.93. The molecule has 0 aromatic heterocycles. The van der Waals surface area contributed by atoms with Crippen LogP contribution in [0.15, 0.2) is 22.7 Å². The Labute approximate surface area is 100 Å². The Morgan fingerprint density at radius 3 is 2.60 bits per heavy atom. The van der Waals surface area contributed by atoms with Gasteiger partial charge in [0, 0.05) is 10.0 Å². The van der Waals surface area contributed by atoms with Gasteiger partial charge in [0.25, 0.3) is 0 Å². The molecule has 0 atom stereocenters. The van der Waals surface area contributed by atoms with Crippen LogP contribution in [0.4, 0.5) is 11.4 Å².